The maximum Gasteiger partial charge on any atom is 0.236 e. The molecule has 0 bridgehead atoms. The first-order chi connectivity index (χ1) is 9.80. The van der Waals surface area contributed by atoms with Crippen LogP contribution in [0.2, 0.25) is 0 Å². The smallest absolute Gasteiger partial charge is 0.236 e. The largest absolute Gasteiger partial charge is 0.457 e. The van der Waals surface area contributed by atoms with Gasteiger partial charge in [-0.15, -0.1) is 0 Å². The van der Waals surface area contributed by atoms with Crippen LogP contribution in [-0.4, -0.2) is 18.6 Å². The van der Waals surface area contributed by atoms with Gasteiger partial charge in [0.15, 0.2) is 11.6 Å². The van der Waals surface area contributed by atoms with Crippen LogP contribution >= 0.6 is 0 Å². The van der Waals surface area contributed by atoms with Crippen molar-refractivity contribution >= 4 is 0 Å². The molecule has 1 aromatic rings. The second-order valence-electron chi connectivity index (χ2n) is 5.81. The van der Waals surface area contributed by atoms with Crippen LogP contribution in [0.5, 0.6) is 5.75 Å². The average molecular weight is 302 g/mol. The number of hydrogen-bond acceptors (Lipinski definition) is 2. The predicted molar refractivity (Wildman–Crippen MR) is 74.1 cm³/mol. The molecule has 0 spiro atoms. The van der Waals surface area contributed by atoms with E-state index in [9.17, 15) is 13.2 Å². The van der Waals surface area contributed by atoms with Crippen LogP contribution in [0, 0.1) is 17.6 Å². The summed E-state index contributed by atoms with van der Waals surface area (Å²) in [5.74, 6) is -2.59. The van der Waals surface area contributed by atoms with E-state index in [1.54, 1.807) is 0 Å². The first-order valence-electron chi connectivity index (χ1n) is 7.22. The highest BCUT2D eigenvalue weighted by molar-refractivity contribution is 5.40. The van der Waals surface area contributed by atoms with E-state index >= 15 is 0 Å². The Morgan fingerprint density at radius 1 is 1.43 bits per heavy atom. The highest BCUT2D eigenvalue weighted by atomic mass is 19.2. The van der Waals surface area contributed by atoms with Gasteiger partial charge in [-0.2, -0.15) is 4.39 Å². The summed E-state index contributed by atoms with van der Waals surface area (Å²) in [5.41, 5.74) is 0.136. The lowest BCUT2D eigenvalue weighted by Crippen LogP contribution is -2.30. The van der Waals surface area contributed by atoms with Gasteiger partial charge < -0.3 is 9.47 Å². The third kappa shape index (κ3) is 2.89. The lowest BCUT2D eigenvalue weighted by Gasteiger charge is -2.29. The third-order valence-electron chi connectivity index (χ3n) is 4.62. The molecular weight excluding hydrogens is 281 g/mol. The second-order valence-corrected chi connectivity index (χ2v) is 5.81. The predicted octanol–water partition coefficient (Wildman–Crippen LogP) is 4.58. The number of hydrogen-bond donors (Lipinski definition) is 0. The Kier molecular flexibility index (Phi) is 4.51. The molecule has 0 saturated carbocycles. The molecule has 118 valence electrons. The Morgan fingerprint density at radius 2 is 2.10 bits per heavy atom. The van der Waals surface area contributed by atoms with Gasteiger partial charge in [-0.3, -0.25) is 0 Å². The summed E-state index contributed by atoms with van der Waals surface area (Å²) in [6.07, 6.45) is -0.903. The highest BCUT2D eigenvalue weighted by Crippen LogP contribution is 2.46. The standard InChI is InChI=1S/C16H21F3O2/c1-5-16(4)9(2)12(8-20-16)11-6-7-13(18)14(19)15(11)21-10(3)17/h6-7,9-10,12H,5,8H2,1-4H3/t9-,10?,12-,16-/m0/s1. The molecule has 5 heteroatoms. The van der Waals surface area contributed by atoms with Gasteiger partial charge in [0.05, 0.1) is 12.2 Å². The molecule has 21 heavy (non-hydrogen) atoms. The van der Waals surface area contributed by atoms with Gasteiger partial charge in [0.25, 0.3) is 0 Å². The monoisotopic (exact) mass is 302 g/mol. The van der Waals surface area contributed by atoms with Crippen molar-refractivity contribution in [2.45, 2.75) is 52.0 Å². The molecule has 1 unspecified atom stereocenters. The molecule has 2 rings (SSSR count). The minimum absolute atomic E-state index is 0.0876. The SMILES string of the molecule is CC[C@]1(C)OC[C@H](c2ccc(F)c(F)c2OC(C)F)[C@@H]1C. The minimum atomic E-state index is -1.71. The van der Waals surface area contributed by atoms with Gasteiger partial charge in [-0.1, -0.05) is 19.9 Å². The molecule has 1 aromatic carbocycles. The zero-order valence-corrected chi connectivity index (χ0v) is 12.8. The zero-order valence-electron chi connectivity index (χ0n) is 12.8. The molecule has 2 nitrogen and oxygen atoms in total. The van der Waals surface area contributed by atoms with Crippen molar-refractivity contribution in [2.24, 2.45) is 5.92 Å². The van der Waals surface area contributed by atoms with E-state index < -0.39 is 18.0 Å². The normalized spacial score (nSPS) is 30.4. The Morgan fingerprint density at radius 3 is 2.62 bits per heavy atom. The van der Waals surface area contributed by atoms with Crippen molar-refractivity contribution in [3.05, 3.63) is 29.3 Å². The summed E-state index contributed by atoms with van der Waals surface area (Å²) < 4.78 is 51.2. The van der Waals surface area contributed by atoms with Crippen molar-refractivity contribution in [3.8, 4) is 5.75 Å². The number of alkyl halides is 1. The van der Waals surface area contributed by atoms with E-state index in [0.29, 0.717) is 12.2 Å². The van der Waals surface area contributed by atoms with E-state index in [0.717, 1.165) is 19.4 Å². The number of halogens is 3. The van der Waals surface area contributed by atoms with Gasteiger partial charge in [0.2, 0.25) is 12.2 Å². The third-order valence-corrected chi connectivity index (χ3v) is 4.62. The van der Waals surface area contributed by atoms with Crippen LogP contribution in [-0.2, 0) is 4.74 Å². The summed E-state index contributed by atoms with van der Waals surface area (Å²) in [6, 6.07) is 2.51. The Labute approximate surface area is 123 Å². The van der Waals surface area contributed by atoms with Crippen molar-refractivity contribution in [1.82, 2.24) is 0 Å². The van der Waals surface area contributed by atoms with E-state index in [1.165, 1.54) is 6.07 Å². The Bertz CT molecular complexity index is 518. The molecule has 1 saturated heterocycles. The van der Waals surface area contributed by atoms with Gasteiger partial charge in [-0.05, 0) is 25.3 Å². The van der Waals surface area contributed by atoms with Crippen molar-refractivity contribution in [1.29, 1.82) is 0 Å². The minimum Gasteiger partial charge on any atom is -0.457 e. The average Bonchev–Trinajstić information content (AvgIpc) is 2.73. The molecule has 1 heterocycles. The molecule has 0 amide bonds. The zero-order chi connectivity index (χ0) is 15.8. The van der Waals surface area contributed by atoms with E-state index in [4.69, 9.17) is 9.47 Å². The molecule has 1 aliphatic rings. The second kappa shape index (κ2) is 5.87. The van der Waals surface area contributed by atoms with Gasteiger partial charge in [0.1, 0.15) is 0 Å². The first kappa shape index (κ1) is 16.1. The molecular formula is C16H21F3O2. The topological polar surface area (TPSA) is 18.5 Å². The van der Waals surface area contributed by atoms with E-state index in [1.807, 2.05) is 20.8 Å². The lowest BCUT2D eigenvalue weighted by atomic mass is 9.78. The van der Waals surface area contributed by atoms with E-state index in [2.05, 4.69) is 0 Å². The van der Waals surface area contributed by atoms with Gasteiger partial charge in [0, 0.05) is 18.4 Å². The maximum atomic E-state index is 14.0. The molecule has 1 fully saturated rings. The molecule has 0 N–H and O–H groups in total. The van der Waals surface area contributed by atoms with Crippen LogP contribution in [0.3, 0.4) is 0 Å². The summed E-state index contributed by atoms with van der Waals surface area (Å²) in [6.45, 7) is 7.54. The summed E-state index contributed by atoms with van der Waals surface area (Å²) >= 11 is 0. The van der Waals surface area contributed by atoms with Crippen LogP contribution in [0.1, 0.15) is 45.6 Å². The number of benzene rings is 1. The molecule has 4 atom stereocenters. The van der Waals surface area contributed by atoms with Crippen molar-refractivity contribution in [2.75, 3.05) is 6.61 Å². The molecule has 0 radical (unpaired) electrons. The van der Waals surface area contributed by atoms with Crippen LogP contribution in [0.15, 0.2) is 12.1 Å². The highest BCUT2D eigenvalue weighted by Gasteiger charge is 2.44. The summed E-state index contributed by atoms with van der Waals surface area (Å²) in [4.78, 5) is 0. The van der Waals surface area contributed by atoms with Crippen LogP contribution in [0.4, 0.5) is 13.2 Å². The first-order valence-corrected chi connectivity index (χ1v) is 7.22. The van der Waals surface area contributed by atoms with Crippen LogP contribution < -0.4 is 4.74 Å². The fourth-order valence-corrected chi connectivity index (χ4v) is 2.89. The number of rotatable bonds is 4. The Balaban J connectivity index is 2.43. The molecule has 0 aliphatic carbocycles. The fourth-order valence-electron chi connectivity index (χ4n) is 2.89. The summed E-state index contributed by atoms with van der Waals surface area (Å²) in [5, 5.41) is 0. The van der Waals surface area contributed by atoms with Crippen molar-refractivity contribution < 1.29 is 22.6 Å². The molecule has 0 aromatic heterocycles. The van der Waals surface area contributed by atoms with E-state index in [-0.39, 0.29) is 23.2 Å². The van der Waals surface area contributed by atoms with Crippen molar-refractivity contribution in [3.63, 3.8) is 0 Å². The molecule has 1 aliphatic heterocycles. The maximum absolute atomic E-state index is 14.0. The Hall–Kier alpha value is -1.23. The van der Waals surface area contributed by atoms with Gasteiger partial charge in [-0.25, -0.2) is 8.78 Å². The quantitative estimate of drug-likeness (QED) is 0.810. The lowest BCUT2D eigenvalue weighted by molar-refractivity contribution is -0.00444. The fraction of sp³-hybridized carbons (Fsp3) is 0.625. The summed E-state index contributed by atoms with van der Waals surface area (Å²) in [7, 11) is 0. The number of ether oxygens (including phenoxy) is 2. The van der Waals surface area contributed by atoms with Gasteiger partial charge >= 0.3 is 0 Å². The van der Waals surface area contributed by atoms with Crippen LogP contribution in [0.25, 0.3) is 0 Å².